The minimum Gasteiger partial charge on any atom is -0.304 e. The van der Waals surface area contributed by atoms with E-state index in [1.165, 1.54) is 23.5 Å². The molecule has 0 spiro atoms. The summed E-state index contributed by atoms with van der Waals surface area (Å²) in [6, 6.07) is 22.4. The van der Waals surface area contributed by atoms with E-state index >= 15 is 0 Å². The number of aromatic nitrogens is 4. The molecule has 0 fully saturated rings. The summed E-state index contributed by atoms with van der Waals surface area (Å²) < 4.78 is 3.93. The summed E-state index contributed by atoms with van der Waals surface area (Å²) >= 11 is 3.04. The number of hydrogen-bond donors (Lipinski definition) is 0. The zero-order valence-corrected chi connectivity index (χ0v) is 24.8. The van der Waals surface area contributed by atoms with Crippen molar-refractivity contribution in [3.05, 3.63) is 114 Å². The lowest BCUT2D eigenvalue weighted by Gasteiger charge is -2.23. The van der Waals surface area contributed by atoms with Gasteiger partial charge in [0.25, 0.3) is 0 Å². The summed E-state index contributed by atoms with van der Waals surface area (Å²) in [5.41, 5.74) is 2.74. The Hall–Kier alpha value is -5.58. The van der Waals surface area contributed by atoms with Gasteiger partial charge in [-0.15, -0.1) is 0 Å². The molecule has 4 aromatic carbocycles. The Labute approximate surface area is 262 Å². The molecular formula is C36H12N4O4S2. The predicted molar refractivity (Wildman–Crippen MR) is 182 cm³/mol. The molecule has 0 saturated heterocycles. The van der Waals surface area contributed by atoms with Crippen LogP contribution in [-0.4, -0.2) is 18.8 Å². The van der Waals surface area contributed by atoms with Crippen LogP contribution < -0.4 is 21.7 Å². The molecule has 0 radical (unpaired) electrons. The lowest BCUT2D eigenvalue weighted by molar-refractivity contribution is 1.20. The molecule has 0 bridgehead atoms. The first-order valence-electron chi connectivity index (χ1n) is 14.6. The zero-order valence-electron chi connectivity index (χ0n) is 23.2. The van der Waals surface area contributed by atoms with Crippen molar-refractivity contribution >= 4 is 111 Å². The van der Waals surface area contributed by atoms with Crippen LogP contribution in [0.3, 0.4) is 0 Å². The molecule has 0 unspecified atom stereocenters. The molecule has 0 N–H and O–H groups in total. The molecule has 0 aliphatic carbocycles. The van der Waals surface area contributed by atoms with E-state index in [4.69, 9.17) is 9.97 Å². The standard InChI is InChI=1S/C36H12N4O4S2/c41-33-13-5-1-9-17-27(13)39-29-15(7-3-11-19(29)45-17)35(43)25-31(39)21(33)23-24(38-25)22-32-26(37-23)36(44)16-8-4-12-20-30(16)40(32)28-14(34(22)42)6-2-10-18(28)46-20/h1-12H. The van der Waals surface area contributed by atoms with Gasteiger partial charge in [0, 0.05) is 41.1 Å². The number of nitrogens with zero attached hydrogens (tertiary/aromatic N) is 4. The van der Waals surface area contributed by atoms with E-state index in [0.717, 1.165) is 19.6 Å². The molecule has 10 heteroatoms. The highest BCUT2D eigenvalue weighted by Crippen LogP contribution is 2.46. The van der Waals surface area contributed by atoms with Gasteiger partial charge in [0.2, 0.25) is 10.9 Å². The van der Waals surface area contributed by atoms with E-state index in [0.29, 0.717) is 54.6 Å². The Morgan fingerprint density at radius 2 is 0.717 bits per heavy atom. The van der Waals surface area contributed by atoms with Gasteiger partial charge in [-0.25, -0.2) is 9.97 Å². The van der Waals surface area contributed by atoms with Crippen LogP contribution in [0.2, 0.25) is 0 Å². The van der Waals surface area contributed by atoms with Crippen molar-refractivity contribution in [2.45, 2.75) is 19.6 Å². The predicted octanol–water partition coefficient (Wildman–Crippen LogP) is 6.30. The zero-order chi connectivity index (χ0) is 30.3. The fraction of sp³-hybridized carbons (Fsp3) is 0. The third kappa shape index (κ3) is 2.38. The van der Waals surface area contributed by atoms with Crippen molar-refractivity contribution < 1.29 is 0 Å². The van der Waals surface area contributed by atoms with E-state index in [1.54, 1.807) is 24.3 Å². The number of fused-ring (bicyclic) bond motifs is 3. The van der Waals surface area contributed by atoms with Gasteiger partial charge in [0.05, 0.1) is 43.9 Å². The summed E-state index contributed by atoms with van der Waals surface area (Å²) in [6.07, 6.45) is 0. The second kappa shape index (κ2) is 7.44. The van der Waals surface area contributed by atoms with E-state index < -0.39 is 0 Å². The quantitative estimate of drug-likeness (QED) is 0.142. The van der Waals surface area contributed by atoms with Gasteiger partial charge in [-0.05, 0) is 48.5 Å². The van der Waals surface area contributed by atoms with Crippen LogP contribution in [-0.2, 0) is 0 Å². The van der Waals surface area contributed by atoms with Crippen LogP contribution in [0.1, 0.15) is 0 Å². The monoisotopic (exact) mass is 628 g/mol. The number of rotatable bonds is 0. The van der Waals surface area contributed by atoms with Gasteiger partial charge in [-0.3, -0.25) is 19.2 Å². The first-order valence-corrected chi connectivity index (χ1v) is 16.2. The molecule has 12 rings (SSSR count). The van der Waals surface area contributed by atoms with Crippen LogP contribution in [0.25, 0.3) is 87.5 Å². The Morgan fingerprint density at radius 3 is 1.07 bits per heavy atom. The van der Waals surface area contributed by atoms with E-state index in [-0.39, 0.29) is 54.6 Å². The smallest absolute Gasteiger partial charge is 0.215 e. The second-order valence-corrected chi connectivity index (χ2v) is 14.0. The van der Waals surface area contributed by atoms with E-state index in [9.17, 15) is 19.2 Å². The van der Waals surface area contributed by atoms with Gasteiger partial charge in [-0.2, -0.15) is 0 Å². The fourth-order valence-electron chi connectivity index (χ4n) is 7.93. The van der Waals surface area contributed by atoms with Gasteiger partial charge in [0.1, 0.15) is 22.1 Å². The third-order valence-corrected chi connectivity index (χ3v) is 11.9. The Bertz CT molecular complexity index is 3190. The highest BCUT2D eigenvalue weighted by atomic mass is 32.2. The molecule has 0 atom stereocenters. The van der Waals surface area contributed by atoms with Gasteiger partial charge in [0.15, 0.2) is 10.9 Å². The van der Waals surface area contributed by atoms with Crippen LogP contribution in [0.15, 0.2) is 112 Å². The van der Waals surface area contributed by atoms with Crippen LogP contribution in [0.5, 0.6) is 0 Å². The lowest BCUT2D eigenvalue weighted by Crippen LogP contribution is -2.21. The van der Waals surface area contributed by atoms with Crippen LogP contribution >= 0.6 is 23.5 Å². The fourth-order valence-corrected chi connectivity index (χ4v) is 10.2. The first-order chi connectivity index (χ1) is 22.5. The summed E-state index contributed by atoms with van der Waals surface area (Å²) in [5, 5.41) is 2.25. The molecule has 6 aromatic heterocycles. The molecular weight excluding hydrogens is 617 g/mol. The largest absolute Gasteiger partial charge is 0.304 e. The highest BCUT2D eigenvalue weighted by molar-refractivity contribution is 8.00. The van der Waals surface area contributed by atoms with Crippen LogP contribution in [0, 0.1) is 0 Å². The van der Waals surface area contributed by atoms with Gasteiger partial charge >= 0.3 is 0 Å². The van der Waals surface area contributed by atoms with Crippen molar-refractivity contribution in [2.24, 2.45) is 0 Å². The number of hydrogen-bond acceptors (Lipinski definition) is 8. The van der Waals surface area contributed by atoms with Crippen LogP contribution in [0.4, 0.5) is 0 Å². The maximum absolute atomic E-state index is 14.6. The second-order valence-electron chi connectivity index (χ2n) is 11.9. The topological polar surface area (TPSA) is 103 Å². The molecule has 0 amide bonds. The van der Waals surface area contributed by atoms with Crippen molar-refractivity contribution in [1.82, 2.24) is 18.8 Å². The molecule has 2 aliphatic rings. The third-order valence-electron chi connectivity index (χ3n) is 9.71. The lowest BCUT2D eigenvalue weighted by atomic mass is 10.0. The summed E-state index contributed by atoms with van der Waals surface area (Å²) in [4.78, 5) is 71.3. The number of benzene rings is 4. The average molecular weight is 629 g/mol. The van der Waals surface area contributed by atoms with Crippen molar-refractivity contribution in [2.75, 3.05) is 0 Å². The van der Waals surface area contributed by atoms with Crippen molar-refractivity contribution in [3.63, 3.8) is 0 Å². The Balaban J connectivity index is 1.51. The maximum Gasteiger partial charge on any atom is 0.215 e. The summed E-state index contributed by atoms with van der Waals surface area (Å²) in [7, 11) is 0. The Kier molecular flexibility index (Phi) is 3.84. The summed E-state index contributed by atoms with van der Waals surface area (Å²) in [5.74, 6) is 0. The first kappa shape index (κ1) is 23.8. The molecule has 8 heterocycles. The summed E-state index contributed by atoms with van der Waals surface area (Å²) in [6.45, 7) is 0. The van der Waals surface area contributed by atoms with Gasteiger partial charge < -0.3 is 8.80 Å². The molecule has 10 aromatic rings. The minimum absolute atomic E-state index is 0.0932. The highest BCUT2D eigenvalue weighted by Gasteiger charge is 2.31. The van der Waals surface area contributed by atoms with E-state index in [2.05, 4.69) is 0 Å². The number of para-hydroxylation sites is 4. The molecule has 2 aliphatic heterocycles. The average Bonchev–Trinajstić information content (AvgIpc) is 3.08. The Morgan fingerprint density at radius 1 is 0.391 bits per heavy atom. The molecule has 8 nitrogen and oxygen atoms in total. The van der Waals surface area contributed by atoms with Crippen molar-refractivity contribution in [3.8, 4) is 0 Å². The van der Waals surface area contributed by atoms with E-state index in [1.807, 2.05) is 57.3 Å². The molecule has 46 heavy (non-hydrogen) atoms. The normalized spacial score (nSPS) is 13.8. The van der Waals surface area contributed by atoms with Gasteiger partial charge in [-0.1, -0.05) is 47.8 Å². The maximum atomic E-state index is 14.6. The number of pyridine rings is 6. The van der Waals surface area contributed by atoms with Crippen molar-refractivity contribution in [1.29, 1.82) is 0 Å². The molecule has 212 valence electrons. The SMILES string of the molecule is O=c1c2cccc3c2n2c4c(cccc4c(=O)c4c5nc6c(=O)c7cccc8c7n7c9c(cccc9c(=O)c(c5nc1c42)c67)S8)S3. The molecule has 0 saturated carbocycles. The minimum atomic E-state index is -0.323.